The second-order valence-electron chi connectivity index (χ2n) is 3.73. The normalized spacial score (nSPS) is 18.7. The maximum atomic E-state index is 13.5. The molecule has 1 saturated heterocycles. The van der Waals surface area contributed by atoms with Gasteiger partial charge in [0.1, 0.15) is 11.6 Å². The molecule has 1 aliphatic rings. The lowest BCUT2D eigenvalue weighted by Crippen LogP contribution is -2.47. The molecule has 0 aliphatic carbocycles. The van der Waals surface area contributed by atoms with Crippen LogP contribution in [0, 0.1) is 17.6 Å². The van der Waals surface area contributed by atoms with Crippen LogP contribution in [0.3, 0.4) is 0 Å². The molecule has 1 atom stereocenters. The Bertz CT molecular complexity index is 380. The Morgan fingerprint density at radius 1 is 1.33 bits per heavy atom. The number of benzene rings is 1. The fraction of sp³-hybridized carbons (Fsp3) is 0.400. The van der Waals surface area contributed by atoms with Gasteiger partial charge in [-0.15, -0.1) is 0 Å². The van der Waals surface area contributed by atoms with Crippen molar-refractivity contribution in [2.75, 3.05) is 13.1 Å². The molecular formula is C10H11ClF2N2. The molecule has 1 fully saturated rings. The van der Waals surface area contributed by atoms with Gasteiger partial charge < -0.3 is 11.1 Å². The third-order valence-electron chi connectivity index (χ3n) is 2.72. The molecule has 82 valence electrons. The standard InChI is InChI=1S/C10H11ClF2N2/c11-7-2-8(12)6(1-9(7)13)10(14)5-3-15-4-5/h1-2,5,10,15H,3-4,14H2. The van der Waals surface area contributed by atoms with Crippen molar-refractivity contribution in [3.63, 3.8) is 0 Å². The molecule has 0 radical (unpaired) electrons. The highest BCUT2D eigenvalue weighted by Gasteiger charge is 2.27. The quantitative estimate of drug-likeness (QED) is 0.764. The van der Waals surface area contributed by atoms with Crippen molar-refractivity contribution in [1.29, 1.82) is 0 Å². The predicted molar refractivity (Wildman–Crippen MR) is 54.7 cm³/mol. The van der Waals surface area contributed by atoms with Gasteiger partial charge in [0.15, 0.2) is 0 Å². The van der Waals surface area contributed by atoms with Gasteiger partial charge >= 0.3 is 0 Å². The molecule has 0 amide bonds. The third-order valence-corrected chi connectivity index (χ3v) is 3.01. The monoisotopic (exact) mass is 232 g/mol. The molecule has 1 aromatic carbocycles. The lowest BCUT2D eigenvalue weighted by Gasteiger charge is -2.32. The molecule has 2 nitrogen and oxygen atoms in total. The highest BCUT2D eigenvalue weighted by Crippen LogP contribution is 2.28. The summed E-state index contributed by atoms with van der Waals surface area (Å²) in [7, 11) is 0. The van der Waals surface area contributed by atoms with Crippen LogP contribution in [-0.2, 0) is 0 Å². The topological polar surface area (TPSA) is 38.0 Å². The number of hydrogen-bond acceptors (Lipinski definition) is 2. The highest BCUT2D eigenvalue weighted by atomic mass is 35.5. The lowest BCUT2D eigenvalue weighted by atomic mass is 9.89. The van der Waals surface area contributed by atoms with Crippen molar-refractivity contribution in [2.45, 2.75) is 6.04 Å². The zero-order valence-electron chi connectivity index (χ0n) is 7.93. The van der Waals surface area contributed by atoms with E-state index >= 15 is 0 Å². The van der Waals surface area contributed by atoms with Crippen molar-refractivity contribution < 1.29 is 8.78 Å². The van der Waals surface area contributed by atoms with E-state index in [-0.39, 0.29) is 16.5 Å². The van der Waals surface area contributed by atoms with Crippen molar-refractivity contribution in [3.05, 3.63) is 34.4 Å². The Labute approximate surface area is 91.4 Å². The molecule has 1 aliphatic heterocycles. The van der Waals surface area contributed by atoms with Gasteiger partial charge in [-0.05, 0) is 12.1 Å². The zero-order chi connectivity index (χ0) is 11.0. The van der Waals surface area contributed by atoms with Crippen molar-refractivity contribution in [1.82, 2.24) is 5.32 Å². The first kappa shape index (κ1) is 10.8. The van der Waals surface area contributed by atoms with E-state index in [1.807, 2.05) is 0 Å². The van der Waals surface area contributed by atoms with Crippen LogP contribution in [0.4, 0.5) is 8.78 Å². The van der Waals surface area contributed by atoms with E-state index in [2.05, 4.69) is 5.32 Å². The summed E-state index contributed by atoms with van der Waals surface area (Å²) in [6.07, 6.45) is 0. The lowest BCUT2D eigenvalue weighted by molar-refractivity contribution is 0.290. The van der Waals surface area contributed by atoms with Crippen LogP contribution in [0.1, 0.15) is 11.6 Å². The minimum Gasteiger partial charge on any atom is -0.324 e. The minimum absolute atomic E-state index is 0.167. The zero-order valence-corrected chi connectivity index (χ0v) is 8.69. The van der Waals surface area contributed by atoms with E-state index in [1.54, 1.807) is 0 Å². The summed E-state index contributed by atoms with van der Waals surface area (Å²) in [5, 5.41) is 2.82. The molecule has 3 N–H and O–H groups in total. The maximum Gasteiger partial charge on any atom is 0.142 e. The van der Waals surface area contributed by atoms with Crippen LogP contribution in [0.5, 0.6) is 0 Å². The Morgan fingerprint density at radius 2 is 2.00 bits per heavy atom. The summed E-state index contributed by atoms with van der Waals surface area (Å²) in [5.74, 6) is -1.00. The largest absolute Gasteiger partial charge is 0.324 e. The van der Waals surface area contributed by atoms with Gasteiger partial charge in [-0.2, -0.15) is 0 Å². The number of nitrogens with one attached hydrogen (secondary N) is 1. The smallest absolute Gasteiger partial charge is 0.142 e. The van der Waals surface area contributed by atoms with Crippen LogP contribution in [0.25, 0.3) is 0 Å². The summed E-state index contributed by atoms with van der Waals surface area (Å²) >= 11 is 5.45. The van der Waals surface area contributed by atoms with Crippen molar-refractivity contribution in [3.8, 4) is 0 Å². The van der Waals surface area contributed by atoms with Crippen LogP contribution < -0.4 is 11.1 Å². The van der Waals surface area contributed by atoms with E-state index in [9.17, 15) is 8.78 Å². The Morgan fingerprint density at radius 3 is 2.53 bits per heavy atom. The van der Waals surface area contributed by atoms with Gasteiger partial charge in [-0.3, -0.25) is 0 Å². The summed E-state index contributed by atoms with van der Waals surface area (Å²) in [5.41, 5.74) is 6.03. The van der Waals surface area contributed by atoms with E-state index in [0.717, 1.165) is 25.2 Å². The summed E-state index contributed by atoms with van der Waals surface area (Å²) in [6, 6.07) is 1.58. The second kappa shape index (κ2) is 4.04. The number of halogens is 3. The number of nitrogens with two attached hydrogens (primary N) is 1. The van der Waals surface area contributed by atoms with E-state index in [0.29, 0.717) is 0 Å². The fourth-order valence-corrected chi connectivity index (χ4v) is 1.76. The fourth-order valence-electron chi connectivity index (χ4n) is 1.61. The van der Waals surface area contributed by atoms with Gasteiger partial charge in [-0.25, -0.2) is 8.78 Å². The molecule has 1 heterocycles. The number of rotatable bonds is 2. The van der Waals surface area contributed by atoms with E-state index < -0.39 is 17.7 Å². The minimum atomic E-state index is -0.629. The summed E-state index contributed by atoms with van der Waals surface area (Å²) in [6.45, 7) is 1.48. The van der Waals surface area contributed by atoms with Gasteiger partial charge in [0, 0.05) is 30.6 Å². The molecule has 0 bridgehead atoms. The average Bonchev–Trinajstić information content (AvgIpc) is 2.08. The molecule has 1 aromatic rings. The molecule has 15 heavy (non-hydrogen) atoms. The van der Waals surface area contributed by atoms with Gasteiger partial charge in [0.25, 0.3) is 0 Å². The molecule has 0 spiro atoms. The van der Waals surface area contributed by atoms with Crippen molar-refractivity contribution >= 4 is 11.6 Å². The highest BCUT2D eigenvalue weighted by molar-refractivity contribution is 6.30. The Kier molecular flexibility index (Phi) is 2.91. The van der Waals surface area contributed by atoms with Gasteiger partial charge in [0.05, 0.1) is 5.02 Å². The second-order valence-corrected chi connectivity index (χ2v) is 4.14. The molecule has 0 saturated carbocycles. The first-order valence-corrected chi connectivity index (χ1v) is 5.08. The third kappa shape index (κ3) is 1.97. The van der Waals surface area contributed by atoms with Crippen LogP contribution in [-0.4, -0.2) is 13.1 Å². The molecule has 5 heteroatoms. The molecule has 2 rings (SSSR count). The SMILES string of the molecule is NC(c1cc(F)c(Cl)cc1F)C1CNC1. The van der Waals surface area contributed by atoms with Gasteiger partial charge in [0.2, 0.25) is 0 Å². The van der Waals surface area contributed by atoms with Crippen molar-refractivity contribution in [2.24, 2.45) is 11.7 Å². The average molecular weight is 233 g/mol. The van der Waals surface area contributed by atoms with E-state index in [1.165, 1.54) is 0 Å². The van der Waals surface area contributed by atoms with Gasteiger partial charge in [-0.1, -0.05) is 11.6 Å². The first-order chi connectivity index (χ1) is 7.09. The predicted octanol–water partition coefficient (Wildman–Crippen LogP) is 1.84. The first-order valence-electron chi connectivity index (χ1n) is 4.70. The Hall–Kier alpha value is -0.710. The molecule has 0 aromatic heterocycles. The van der Waals surface area contributed by atoms with Crippen LogP contribution >= 0.6 is 11.6 Å². The van der Waals surface area contributed by atoms with Crippen LogP contribution in [0.2, 0.25) is 5.02 Å². The molecule has 1 unspecified atom stereocenters. The summed E-state index contributed by atoms with van der Waals surface area (Å²) < 4.78 is 26.6. The number of hydrogen-bond donors (Lipinski definition) is 2. The van der Waals surface area contributed by atoms with E-state index in [4.69, 9.17) is 17.3 Å². The summed E-state index contributed by atoms with van der Waals surface area (Å²) in [4.78, 5) is 0. The maximum absolute atomic E-state index is 13.5. The van der Waals surface area contributed by atoms with Crippen LogP contribution in [0.15, 0.2) is 12.1 Å². The Balaban J connectivity index is 2.30. The molecular weight excluding hydrogens is 222 g/mol.